The van der Waals surface area contributed by atoms with Crippen molar-refractivity contribution in [3.8, 4) is 0 Å². The number of aryl methyl sites for hydroxylation is 1. The van der Waals surface area contributed by atoms with Gasteiger partial charge < -0.3 is 25.4 Å². The maximum absolute atomic E-state index is 11.8. The van der Waals surface area contributed by atoms with Crippen molar-refractivity contribution in [3.05, 3.63) is 41.6 Å². The van der Waals surface area contributed by atoms with Gasteiger partial charge in [-0.25, -0.2) is 14.8 Å². The number of fused-ring (bicyclic) bond motifs is 1. The number of hydrogen-bond acceptors (Lipinski definition) is 6. The zero-order valence-corrected chi connectivity index (χ0v) is 14.9. The third kappa shape index (κ3) is 3.43. The van der Waals surface area contributed by atoms with Crippen LogP contribution in [-0.4, -0.2) is 50.3 Å². The Kier molecular flexibility index (Phi) is 4.41. The van der Waals surface area contributed by atoms with Gasteiger partial charge in [-0.05, 0) is 43.5 Å². The molecule has 0 unspecified atom stereocenters. The third-order valence-electron chi connectivity index (χ3n) is 4.88. The molecular formula is C19H21N5O3. The molecule has 0 amide bonds. The summed E-state index contributed by atoms with van der Waals surface area (Å²) < 4.78 is 0. The molecule has 3 heterocycles. The summed E-state index contributed by atoms with van der Waals surface area (Å²) in [5.74, 6) is 0.214. The number of aromatic amines is 1. The molecule has 0 spiro atoms. The van der Waals surface area contributed by atoms with Gasteiger partial charge in [0, 0.05) is 19.3 Å². The van der Waals surface area contributed by atoms with Gasteiger partial charge in [-0.15, -0.1) is 0 Å². The molecule has 4 N–H and O–H groups in total. The molecule has 0 aliphatic carbocycles. The molecule has 1 aliphatic heterocycles. The van der Waals surface area contributed by atoms with Gasteiger partial charge in [0.2, 0.25) is 5.95 Å². The number of carboxylic acid groups (broad SMARTS) is 1. The number of pyridine rings is 1. The lowest BCUT2D eigenvalue weighted by Gasteiger charge is -2.32. The van der Waals surface area contributed by atoms with Gasteiger partial charge in [-0.1, -0.05) is 6.07 Å². The SMILES string of the molecule is Cc1cccnc1Nc1nc2cc(C(=O)O)c(N3CCC(O)CC3)cc2[nH]1. The highest BCUT2D eigenvalue weighted by molar-refractivity contribution is 6.00. The summed E-state index contributed by atoms with van der Waals surface area (Å²) >= 11 is 0. The second kappa shape index (κ2) is 6.88. The third-order valence-corrected chi connectivity index (χ3v) is 4.88. The Labute approximate surface area is 155 Å². The highest BCUT2D eigenvalue weighted by Gasteiger charge is 2.23. The maximum Gasteiger partial charge on any atom is 0.337 e. The van der Waals surface area contributed by atoms with Gasteiger partial charge in [0.05, 0.1) is 28.4 Å². The number of nitrogens with zero attached hydrogens (tertiary/aromatic N) is 3. The summed E-state index contributed by atoms with van der Waals surface area (Å²) in [7, 11) is 0. The van der Waals surface area contributed by atoms with Crippen LogP contribution in [0.25, 0.3) is 11.0 Å². The first-order chi connectivity index (χ1) is 13.0. The Hall–Kier alpha value is -3.13. The van der Waals surface area contributed by atoms with Gasteiger partial charge >= 0.3 is 5.97 Å². The van der Waals surface area contributed by atoms with Crippen LogP contribution in [-0.2, 0) is 0 Å². The number of hydrogen-bond donors (Lipinski definition) is 4. The van der Waals surface area contributed by atoms with E-state index in [-0.39, 0.29) is 11.7 Å². The monoisotopic (exact) mass is 367 g/mol. The van der Waals surface area contributed by atoms with Crippen LogP contribution in [0.4, 0.5) is 17.5 Å². The number of nitrogens with one attached hydrogen (secondary N) is 2. The van der Waals surface area contributed by atoms with Crippen molar-refractivity contribution in [3.63, 3.8) is 0 Å². The van der Waals surface area contributed by atoms with E-state index < -0.39 is 5.97 Å². The number of aliphatic hydroxyl groups excluding tert-OH is 1. The minimum absolute atomic E-state index is 0.214. The van der Waals surface area contributed by atoms with E-state index in [1.54, 1.807) is 12.3 Å². The van der Waals surface area contributed by atoms with E-state index >= 15 is 0 Å². The first-order valence-corrected chi connectivity index (χ1v) is 8.90. The van der Waals surface area contributed by atoms with Crippen molar-refractivity contribution in [1.82, 2.24) is 15.0 Å². The molecule has 0 saturated carbocycles. The van der Waals surface area contributed by atoms with E-state index in [4.69, 9.17) is 0 Å². The molecular weight excluding hydrogens is 346 g/mol. The second-order valence-electron chi connectivity index (χ2n) is 6.79. The summed E-state index contributed by atoms with van der Waals surface area (Å²) in [5.41, 5.74) is 3.16. The van der Waals surface area contributed by atoms with Crippen molar-refractivity contribution >= 4 is 34.5 Å². The first kappa shape index (κ1) is 17.3. The van der Waals surface area contributed by atoms with Crippen molar-refractivity contribution in [2.45, 2.75) is 25.9 Å². The number of carbonyl (C=O) groups is 1. The second-order valence-corrected chi connectivity index (χ2v) is 6.79. The van der Waals surface area contributed by atoms with Crippen molar-refractivity contribution in [1.29, 1.82) is 0 Å². The number of piperidine rings is 1. The molecule has 4 rings (SSSR count). The number of aromatic carboxylic acids is 1. The van der Waals surface area contributed by atoms with Crippen LogP contribution in [0.5, 0.6) is 0 Å². The number of rotatable bonds is 4. The molecule has 0 bridgehead atoms. The number of anilines is 3. The molecule has 8 nitrogen and oxygen atoms in total. The number of imidazole rings is 1. The van der Waals surface area contributed by atoms with Crippen LogP contribution in [0.3, 0.4) is 0 Å². The summed E-state index contributed by atoms with van der Waals surface area (Å²) in [6, 6.07) is 7.22. The van der Waals surface area contributed by atoms with Crippen LogP contribution in [0.2, 0.25) is 0 Å². The van der Waals surface area contributed by atoms with Crippen molar-refractivity contribution in [2.24, 2.45) is 0 Å². The van der Waals surface area contributed by atoms with Gasteiger partial charge in [-0.3, -0.25) is 0 Å². The molecule has 2 aromatic heterocycles. The fraction of sp³-hybridized carbons (Fsp3) is 0.316. The molecule has 8 heteroatoms. The van der Waals surface area contributed by atoms with E-state index in [0.29, 0.717) is 48.9 Å². The van der Waals surface area contributed by atoms with Crippen LogP contribution in [0.15, 0.2) is 30.5 Å². The molecule has 0 radical (unpaired) electrons. The lowest BCUT2D eigenvalue weighted by molar-refractivity contribution is 0.0697. The highest BCUT2D eigenvalue weighted by atomic mass is 16.4. The predicted molar refractivity (Wildman–Crippen MR) is 103 cm³/mol. The summed E-state index contributed by atoms with van der Waals surface area (Å²) in [6.45, 7) is 3.20. The van der Waals surface area contributed by atoms with Gasteiger partial charge in [0.25, 0.3) is 0 Å². The van der Waals surface area contributed by atoms with E-state index in [2.05, 4.69) is 20.3 Å². The number of benzene rings is 1. The Morgan fingerprint density at radius 3 is 2.81 bits per heavy atom. The van der Waals surface area contributed by atoms with Crippen LogP contribution >= 0.6 is 0 Å². The summed E-state index contributed by atoms with van der Waals surface area (Å²) in [4.78, 5) is 25.7. The highest BCUT2D eigenvalue weighted by Crippen LogP contribution is 2.30. The lowest BCUT2D eigenvalue weighted by Crippen LogP contribution is -2.36. The van der Waals surface area contributed by atoms with Crippen molar-refractivity contribution in [2.75, 3.05) is 23.3 Å². The van der Waals surface area contributed by atoms with Gasteiger partial charge in [-0.2, -0.15) is 0 Å². The topological polar surface area (TPSA) is 114 Å². The lowest BCUT2D eigenvalue weighted by atomic mass is 10.0. The molecule has 27 heavy (non-hydrogen) atoms. The predicted octanol–water partition coefficient (Wildman–Crippen LogP) is 2.67. The van der Waals surface area contributed by atoms with Crippen molar-refractivity contribution < 1.29 is 15.0 Å². The maximum atomic E-state index is 11.8. The molecule has 3 aromatic rings. The standard InChI is InChI=1S/C19H21N5O3/c1-11-3-2-6-20-17(11)23-19-21-14-9-13(18(26)27)16(10-15(14)22-19)24-7-4-12(25)5-8-24/h2-3,6,9-10,12,25H,4-5,7-8H2,1H3,(H,26,27)(H2,20,21,22,23). The van der Waals surface area contributed by atoms with Crippen LogP contribution in [0, 0.1) is 6.92 Å². The minimum Gasteiger partial charge on any atom is -0.478 e. The molecule has 1 aliphatic rings. The zero-order chi connectivity index (χ0) is 19.0. The Morgan fingerprint density at radius 2 is 2.11 bits per heavy atom. The van der Waals surface area contributed by atoms with Crippen LogP contribution in [0.1, 0.15) is 28.8 Å². The average molecular weight is 367 g/mol. The number of H-pyrrole nitrogens is 1. The molecule has 0 atom stereocenters. The minimum atomic E-state index is -0.990. The zero-order valence-electron chi connectivity index (χ0n) is 14.9. The largest absolute Gasteiger partial charge is 0.478 e. The fourth-order valence-corrected chi connectivity index (χ4v) is 3.37. The fourth-order valence-electron chi connectivity index (χ4n) is 3.37. The Bertz CT molecular complexity index is 992. The summed E-state index contributed by atoms with van der Waals surface area (Å²) in [6.07, 6.45) is 2.64. The quantitative estimate of drug-likeness (QED) is 0.560. The van der Waals surface area contributed by atoms with E-state index in [1.807, 2.05) is 30.0 Å². The summed E-state index contributed by atoms with van der Waals surface area (Å²) in [5, 5.41) is 22.5. The smallest absolute Gasteiger partial charge is 0.337 e. The van der Waals surface area contributed by atoms with Gasteiger partial charge in [0.1, 0.15) is 5.82 Å². The first-order valence-electron chi connectivity index (χ1n) is 8.90. The number of carboxylic acids is 1. The van der Waals surface area contributed by atoms with E-state index in [9.17, 15) is 15.0 Å². The molecule has 1 fully saturated rings. The Morgan fingerprint density at radius 1 is 1.33 bits per heavy atom. The molecule has 140 valence electrons. The Balaban J connectivity index is 1.71. The molecule has 1 saturated heterocycles. The van der Waals surface area contributed by atoms with Gasteiger partial charge in [0.15, 0.2) is 0 Å². The van der Waals surface area contributed by atoms with E-state index in [0.717, 1.165) is 11.1 Å². The number of aliphatic hydroxyl groups is 1. The number of aromatic nitrogens is 3. The average Bonchev–Trinajstić information content (AvgIpc) is 3.04. The molecule has 1 aromatic carbocycles. The normalized spacial score (nSPS) is 15.3. The van der Waals surface area contributed by atoms with Crippen LogP contribution < -0.4 is 10.2 Å². The van der Waals surface area contributed by atoms with E-state index in [1.165, 1.54) is 0 Å².